The Morgan fingerprint density at radius 2 is 2.08 bits per heavy atom. The second kappa shape index (κ2) is 10.3. The van der Waals surface area contributed by atoms with Gasteiger partial charge in [0.1, 0.15) is 17.3 Å². The smallest absolute Gasteiger partial charge is 0.407 e. The van der Waals surface area contributed by atoms with Crippen LogP contribution in [0.4, 0.5) is 20.7 Å². The van der Waals surface area contributed by atoms with Crippen LogP contribution in [-0.4, -0.2) is 50.4 Å². The minimum atomic E-state index is -3.70. The fourth-order valence-corrected chi connectivity index (χ4v) is 4.35. The van der Waals surface area contributed by atoms with Crippen molar-refractivity contribution in [1.82, 2.24) is 15.3 Å². The van der Waals surface area contributed by atoms with Crippen LogP contribution < -0.4 is 15.4 Å². The number of anilines is 2. The van der Waals surface area contributed by atoms with E-state index in [9.17, 15) is 17.6 Å². The van der Waals surface area contributed by atoms with E-state index in [2.05, 4.69) is 30.1 Å². The predicted molar refractivity (Wildman–Crippen MR) is 134 cm³/mol. The van der Waals surface area contributed by atoms with Crippen LogP contribution in [0.5, 0.6) is 0 Å². The van der Waals surface area contributed by atoms with Crippen LogP contribution in [0.15, 0.2) is 34.9 Å². The van der Waals surface area contributed by atoms with Crippen LogP contribution in [-0.2, 0) is 14.8 Å². The van der Waals surface area contributed by atoms with Gasteiger partial charge in [0.15, 0.2) is 11.7 Å². The number of rotatable bonds is 9. The number of halogens is 2. The molecule has 0 aliphatic heterocycles. The van der Waals surface area contributed by atoms with E-state index in [0.29, 0.717) is 29.6 Å². The first-order valence-corrected chi connectivity index (χ1v) is 13.3. The fourth-order valence-electron chi connectivity index (χ4n) is 3.49. The second-order valence-electron chi connectivity index (χ2n) is 8.54. The van der Waals surface area contributed by atoms with Gasteiger partial charge in [0.2, 0.25) is 10.0 Å². The molecule has 2 aromatic heterocycles. The molecular formula is C23H25ClFN5O5S. The van der Waals surface area contributed by atoms with Crippen molar-refractivity contribution in [3.63, 3.8) is 0 Å². The van der Waals surface area contributed by atoms with E-state index >= 15 is 0 Å². The quantitative estimate of drug-likeness (QED) is 0.360. The monoisotopic (exact) mass is 537 g/mol. The summed E-state index contributed by atoms with van der Waals surface area (Å²) in [5, 5.41) is 5.78. The maximum Gasteiger partial charge on any atom is 0.407 e. The summed E-state index contributed by atoms with van der Waals surface area (Å²) in [5.41, 5.74) is 0.986. The topological polar surface area (TPSA) is 135 Å². The van der Waals surface area contributed by atoms with Crippen LogP contribution in [0.3, 0.4) is 0 Å². The van der Waals surface area contributed by atoms with Crippen molar-refractivity contribution in [2.24, 2.45) is 0 Å². The molecule has 2 heterocycles. The number of methoxy groups -OCH3 is 1. The lowest BCUT2D eigenvalue weighted by Crippen LogP contribution is -2.37. The molecule has 3 aromatic rings. The highest BCUT2D eigenvalue weighted by Crippen LogP contribution is 2.46. The van der Waals surface area contributed by atoms with E-state index in [-0.39, 0.29) is 33.9 Å². The molecule has 1 aliphatic carbocycles. The molecule has 192 valence electrons. The lowest BCUT2D eigenvalue weighted by Gasteiger charge is -2.14. The Morgan fingerprint density at radius 3 is 2.75 bits per heavy atom. The number of alkyl carbamates (subject to hydrolysis) is 1. The van der Waals surface area contributed by atoms with Gasteiger partial charge in [-0.3, -0.25) is 4.72 Å². The Hall–Kier alpha value is -3.38. The number of nitrogens with one attached hydrogen (secondary N) is 3. The SMILES string of the molecule is COC(=O)N[C@@H](C)CNc1cc(-c2oc(C3CC3)nc2-c2cc(F)cc(NS(C)(=O)=O)c2Cl)ccn1. The Bertz CT molecular complexity index is 1390. The number of hydrogen-bond donors (Lipinski definition) is 3. The zero-order valence-corrected chi connectivity index (χ0v) is 21.3. The van der Waals surface area contributed by atoms with E-state index in [4.69, 9.17) is 16.0 Å². The molecule has 36 heavy (non-hydrogen) atoms. The summed E-state index contributed by atoms with van der Waals surface area (Å²) in [6.45, 7) is 2.18. The molecular weight excluding hydrogens is 513 g/mol. The van der Waals surface area contributed by atoms with E-state index in [1.54, 1.807) is 25.3 Å². The predicted octanol–water partition coefficient (Wildman–Crippen LogP) is 4.60. The van der Waals surface area contributed by atoms with Gasteiger partial charge in [0, 0.05) is 35.8 Å². The molecule has 13 heteroatoms. The summed E-state index contributed by atoms with van der Waals surface area (Å²) in [6.07, 6.45) is 3.83. The molecule has 1 amide bonds. The van der Waals surface area contributed by atoms with Crippen LogP contribution >= 0.6 is 11.6 Å². The number of amides is 1. The number of sulfonamides is 1. The summed E-state index contributed by atoms with van der Waals surface area (Å²) < 4.78 is 51.0. The molecule has 0 saturated heterocycles. The molecule has 1 atom stereocenters. The molecule has 1 saturated carbocycles. The normalized spacial score (nSPS) is 14.2. The first-order valence-electron chi connectivity index (χ1n) is 11.1. The minimum Gasteiger partial charge on any atom is -0.453 e. The summed E-state index contributed by atoms with van der Waals surface area (Å²) in [6, 6.07) is 5.40. The standard InChI is InChI=1S/C23H25ClFN5O5S/c1-12(28-23(31)34-2)11-27-18-8-14(6-7-26-18)21-20(29-22(35-21)13-4-5-13)16-9-15(25)10-17(19(16)24)30-36(3,32)33/h6-10,12-13,30H,4-5,11H2,1-3H3,(H,26,27)(H,28,31)/t12-/m0/s1. The number of hydrogen-bond acceptors (Lipinski definition) is 8. The molecule has 0 radical (unpaired) electrons. The largest absolute Gasteiger partial charge is 0.453 e. The van der Waals surface area contributed by atoms with Crippen molar-refractivity contribution >= 4 is 39.2 Å². The van der Waals surface area contributed by atoms with Crippen molar-refractivity contribution in [3.8, 4) is 22.6 Å². The number of nitrogens with zero attached hydrogens (tertiary/aromatic N) is 2. The lowest BCUT2D eigenvalue weighted by molar-refractivity contribution is 0.168. The molecule has 1 aromatic carbocycles. The summed E-state index contributed by atoms with van der Waals surface area (Å²) in [7, 11) is -2.41. The number of ether oxygens (including phenoxy) is 1. The molecule has 3 N–H and O–H groups in total. The number of oxazole rings is 1. The number of carbonyl (C=O) groups excluding carboxylic acids is 1. The minimum absolute atomic E-state index is 0.00571. The third-order valence-electron chi connectivity index (χ3n) is 5.32. The molecule has 0 bridgehead atoms. The zero-order chi connectivity index (χ0) is 26.0. The average Bonchev–Trinajstić information content (AvgIpc) is 3.57. The van der Waals surface area contributed by atoms with Crippen molar-refractivity contribution in [1.29, 1.82) is 0 Å². The van der Waals surface area contributed by atoms with Crippen LogP contribution in [0.25, 0.3) is 22.6 Å². The second-order valence-corrected chi connectivity index (χ2v) is 10.7. The fraction of sp³-hybridized carbons (Fsp3) is 0.348. The lowest BCUT2D eigenvalue weighted by atomic mass is 10.1. The third kappa shape index (κ3) is 6.24. The van der Waals surface area contributed by atoms with Crippen LogP contribution in [0, 0.1) is 5.82 Å². The van der Waals surface area contributed by atoms with Gasteiger partial charge in [-0.15, -0.1) is 0 Å². The van der Waals surface area contributed by atoms with Crippen LogP contribution in [0.1, 0.15) is 31.6 Å². The van der Waals surface area contributed by atoms with Crippen molar-refractivity contribution in [2.75, 3.05) is 29.9 Å². The van der Waals surface area contributed by atoms with E-state index < -0.39 is 21.9 Å². The highest BCUT2D eigenvalue weighted by atomic mass is 35.5. The Balaban J connectivity index is 1.70. The number of aromatic nitrogens is 2. The molecule has 10 nitrogen and oxygen atoms in total. The molecule has 0 unspecified atom stereocenters. The van der Waals surface area contributed by atoms with Gasteiger partial charge in [-0.05, 0) is 44.0 Å². The van der Waals surface area contributed by atoms with Crippen molar-refractivity contribution in [3.05, 3.63) is 47.2 Å². The summed E-state index contributed by atoms with van der Waals surface area (Å²) in [5.74, 6) is 0.821. The van der Waals surface area contributed by atoms with E-state index in [1.807, 2.05) is 0 Å². The van der Waals surface area contributed by atoms with Gasteiger partial charge < -0.3 is 19.8 Å². The number of pyridine rings is 1. The number of benzene rings is 1. The molecule has 4 rings (SSSR count). The third-order valence-corrected chi connectivity index (χ3v) is 6.32. The summed E-state index contributed by atoms with van der Waals surface area (Å²) >= 11 is 6.51. The van der Waals surface area contributed by atoms with Gasteiger partial charge in [0.25, 0.3) is 0 Å². The van der Waals surface area contributed by atoms with Gasteiger partial charge in [0.05, 0.1) is 24.1 Å². The van der Waals surface area contributed by atoms with E-state index in [1.165, 1.54) is 13.2 Å². The highest BCUT2D eigenvalue weighted by Gasteiger charge is 2.32. The Labute approximate surface area is 212 Å². The first-order chi connectivity index (χ1) is 17.0. The van der Waals surface area contributed by atoms with E-state index in [0.717, 1.165) is 25.2 Å². The maximum atomic E-state index is 14.5. The van der Waals surface area contributed by atoms with Gasteiger partial charge in [-0.2, -0.15) is 0 Å². The van der Waals surface area contributed by atoms with Gasteiger partial charge in [-0.1, -0.05) is 11.6 Å². The molecule has 1 aliphatic rings. The Kier molecular flexibility index (Phi) is 7.36. The zero-order valence-electron chi connectivity index (χ0n) is 19.8. The Morgan fingerprint density at radius 1 is 1.33 bits per heavy atom. The van der Waals surface area contributed by atoms with Crippen molar-refractivity contribution in [2.45, 2.75) is 31.7 Å². The highest BCUT2D eigenvalue weighted by molar-refractivity contribution is 7.92. The van der Waals surface area contributed by atoms with Gasteiger partial charge >= 0.3 is 6.09 Å². The van der Waals surface area contributed by atoms with Crippen LogP contribution in [0.2, 0.25) is 5.02 Å². The average molecular weight is 538 g/mol. The molecule has 1 fully saturated rings. The summed E-state index contributed by atoms with van der Waals surface area (Å²) in [4.78, 5) is 20.3. The first kappa shape index (κ1) is 25.7. The van der Waals surface area contributed by atoms with Crippen molar-refractivity contribution < 1.29 is 26.8 Å². The van der Waals surface area contributed by atoms with Gasteiger partial charge in [-0.25, -0.2) is 27.6 Å². The maximum absolute atomic E-state index is 14.5. The number of carbonyl (C=O) groups is 1. The molecule has 0 spiro atoms.